The maximum Gasteiger partial charge on any atom is 0.227 e. The van der Waals surface area contributed by atoms with Crippen LogP contribution in [0.4, 0.5) is 87.8 Å². The molecule has 1 heterocycles. The van der Waals surface area contributed by atoms with Gasteiger partial charge in [-0.25, -0.2) is 92.8 Å². The van der Waals surface area contributed by atoms with E-state index in [4.69, 9.17) is 0 Å². The number of ketones is 1. The van der Waals surface area contributed by atoms with Gasteiger partial charge >= 0.3 is 0 Å². The molecule has 420 valence electrons. The van der Waals surface area contributed by atoms with Gasteiger partial charge in [0.1, 0.15) is 58.4 Å². The predicted molar refractivity (Wildman–Crippen MR) is 248 cm³/mol. The van der Waals surface area contributed by atoms with E-state index in [0.29, 0.717) is 6.54 Å². The number of halogens is 20. The maximum absolute atomic E-state index is 15.4. The van der Waals surface area contributed by atoms with Crippen LogP contribution in [0.1, 0.15) is 119 Å². The summed E-state index contributed by atoms with van der Waals surface area (Å²) in [6, 6.07) is 9.45. The van der Waals surface area contributed by atoms with Crippen LogP contribution in [-0.2, 0) is 6.54 Å². The van der Waals surface area contributed by atoms with E-state index < -0.39 is 144 Å². The summed E-state index contributed by atoms with van der Waals surface area (Å²) in [6.45, 7) is 2.62. The first-order chi connectivity index (χ1) is 37.0. The second-order valence-electron chi connectivity index (χ2n) is 18.0. The molecule has 0 aliphatic carbocycles. The predicted octanol–water partition coefficient (Wildman–Crippen LogP) is 14.0. The lowest BCUT2D eigenvalue weighted by molar-refractivity contribution is -0.683. The fourth-order valence-electron chi connectivity index (χ4n) is 9.05. The Labute approximate surface area is 433 Å². The number of allylic oxidation sites excluding steroid dienone is 1. The molecule has 0 spiro atoms. The first-order valence-electron chi connectivity index (χ1n) is 24.3. The fourth-order valence-corrected chi connectivity index (χ4v) is 9.05. The summed E-state index contributed by atoms with van der Waals surface area (Å²) < 4.78 is 296. The minimum atomic E-state index is -7.22. The Hall–Kier alpha value is -6.75. The summed E-state index contributed by atoms with van der Waals surface area (Å²) in [7, 11) is 0. The van der Waals surface area contributed by atoms with Crippen LogP contribution >= 0.6 is 0 Å². The summed E-state index contributed by atoms with van der Waals surface area (Å²) in [5, 5.41) is 0. The Morgan fingerprint density at radius 3 is 1.04 bits per heavy atom. The lowest BCUT2D eigenvalue weighted by atomic mass is 9.12. The van der Waals surface area contributed by atoms with Crippen molar-refractivity contribution >= 4 is 39.9 Å². The summed E-state index contributed by atoms with van der Waals surface area (Å²) in [5.74, 6) is -71.3. The van der Waals surface area contributed by atoms with Gasteiger partial charge in [-0.2, -0.15) is 4.57 Å². The van der Waals surface area contributed by atoms with Crippen molar-refractivity contribution in [3.63, 3.8) is 0 Å². The average Bonchev–Trinajstić information content (AvgIpc) is 3.43. The second kappa shape index (κ2) is 27.7. The topological polar surface area (TPSA) is 33.8 Å². The highest BCUT2D eigenvalue weighted by atomic mass is 19.2. The molecule has 0 aliphatic heterocycles. The Morgan fingerprint density at radius 1 is 0.423 bits per heavy atom. The average molecular weight is 1130 g/mol. The number of aromatic nitrogens is 2. The number of carbonyl (C=O) groups is 1. The molecule has 3 nitrogen and oxygen atoms in total. The van der Waals surface area contributed by atoms with E-state index in [-0.39, 0.29) is 5.78 Å². The largest absolute Gasteiger partial charge is 0.287 e. The van der Waals surface area contributed by atoms with E-state index in [2.05, 4.69) is 24.1 Å². The van der Waals surface area contributed by atoms with Crippen LogP contribution in [0.25, 0.3) is 6.08 Å². The van der Waals surface area contributed by atoms with Crippen molar-refractivity contribution < 1.29 is 97.2 Å². The van der Waals surface area contributed by atoms with E-state index >= 15 is 35.1 Å². The molecule has 0 saturated carbocycles. The normalized spacial score (nSPS) is 11.7. The van der Waals surface area contributed by atoms with Gasteiger partial charge in [-0.3, -0.25) is 4.79 Å². The lowest BCUT2D eigenvalue weighted by Gasteiger charge is -2.44. The number of carbonyl (C=O) groups excluding carboxylic acids is 1. The van der Waals surface area contributed by atoms with Crippen molar-refractivity contribution in [2.45, 2.75) is 110 Å². The SMILES string of the molecule is CCCCCCCCCCCCCCCCC=Cc1c[n+](CC(=O)c2ccccc2)ccn1.Fc1c(F)c(F)c([B-](c2c(F)c(F)c(F)c(F)c2F)(c2c(F)c(F)c(F)c(F)c2F)c2c(F)c(F)c(F)c(F)c2F)c(F)c1F. The molecular formula is C54H45BF20N2O. The third kappa shape index (κ3) is 13.0. The monoisotopic (exact) mass is 1130 g/mol. The van der Waals surface area contributed by atoms with Gasteiger partial charge in [0.15, 0.2) is 82.2 Å². The summed E-state index contributed by atoms with van der Waals surface area (Å²) >= 11 is 0. The Kier molecular flexibility index (Phi) is 22.1. The Bertz CT molecular complexity index is 2760. The molecule has 1 aromatic heterocycles. The smallest absolute Gasteiger partial charge is 0.227 e. The van der Waals surface area contributed by atoms with Crippen LogP contribution in [-0.4, -0.2) is 16.9 Å². The molecule has 0 fully saturated rings. The zero-order valence-corrected chi connectivity index (χ0v) is 41.0. The van der Waals surface area contributed by atoms with Crippen molar-refractivity contribution in [3.8, 4) is 0 Å². The number of hydrogen-bond donors (Lipinski definition) is 0. The van der Waals surface area contributed by atoms with E-state index in [9.17, 15) is 57.5 Å². The highest BCUT2D eigenvalue weighted by molar-refractivity contribution is 7.20. The number of rotatable bonds is 23. The molecule has 0 radical (unpaired) electrons. The van der Waals surface area contributed by atoms with Gasteiger partial charge < -0.3 is 0 Å². The minimum absolute atomic E-state index is 0.115. The quantitative estimate of drug-likeness (QED) is 0.0122. The van der Waals surface area contributed by atoms with Gasteiger partial charge in [-0.15, -0.1) is 21.9 Å². The molecule has 0 saturated heterocycles. The molecule has 78 heavy (non-hydrogen) atoms. The summed E-state index contributed by atoms with van der Waals surface area (Å²) in [4.78, 5) is 16.8. The second-order valence-corrected chi connectivity index (χ2v) is 18.0. The van der Waals surface area contributed by atoms with Gasteiger partial charge in [-0.05, 0) is 18.9 Å². The third-order valence-electron chi connectivity index (χ3n) is 12.9. The van der Waals surface area contributed by atoms with Crippen LogP contribution in [0.5, 0.6) is 0 Å². The van der Waals surface area contributed by atoms with Gasteiger partial charge in [0, 0.05) is 5.56 Å². The molecule has 0 amide bonds. The zero-order valence-electron chi connectivity index (χ0n) is 41.0. The van der Waals surface area contributed by atoms with E-state index in [1.807, 2.05) is 47.3 Å². The first kappa shape index (κ1) is 62.1. The highest BCUT2D eigenvalue weighted by Gasteiger charge is 2.52. The summed E-state index contributed by atoms with van der Waals surface area (Å²) in [5.41, 5.74) is -12.7. The number of unbranched alkanes of at least 4 members (excludes halogenated alkanes) is 14. The van der Waals surface area contributed by atoms with E-state index in [1.54, 1.807) is 6.20 Å². The van der Waals surface area contributed by atoms with Gasteiger partial charge in [0.2, 0.25) is 12.3 Å². The molecule has 0 atom stereocenters. The summed E-state index contributed by atoms with van der Waals surface area (Å²) in [6.07, 6.45) is 23.2. The van der Waals surface area contributed by atoms with Gasteiger partial charge in [-0.1, -0.05) is 127 Å². The van der Waals surface area contributed by atoms with Crippen LogP contribution < -0.4 is 26.4 Å². The molecule has 0 bridgehead atoms. The molecule has 6 aromatic rings. The third-order valence-corrected chi connectivity index (χ3v) is 12.9. The van der Waals surface area contributed by atoms with Gasteiger partial charge in [0.25, 0.3) is 0 Å². The van der Waals surface area contributed by atoms with Crippen LogP contribution in [0.15, 0.2) is 55.0 Å². The van der Waals surface area contributed by atoms with E-state index in [1.165, 1.54) is 89.9 Å². The van der Waals surface area contributed by atoms with Crippen LogP contribution in [0, 0.1) is 116 Å². The zero-order chi connectivity index (χ0) is 57.8. The number of Topliss-reactive ketones (excluding diaryl/α,β-unsaturated/α-hetero) is 1. The maximum atomic E-state index is 15.4. The van der Waals surface area contributed by atoms with Crippen molar-refractivity contribution in [2.24, 2.45) is 0 Å². The van der Waals surface area contributed by atoms with Crippen molar-refractivity contribution in [2.75, 3.05) is 0 Å². The lowest BCUT2D eigenvalue weighted by Crippen LogP contribution is -2.81. The van der Waals surface area contributed by atoms with Crippen molar-refractivity contribution in [1.82, 2.24) is 4.98 Å². The molecule has 5 aromatic carbocycles. The Morgan fingerprint density at radius 2 is 0.718 bits per heavy atom. The molecule has 0 aliphatic rings. The van der Waals surface area contributed by atoms with Crippen molar-refractivity contribution in [3.05, 3.63) is 183 Å². The van der Waals surface area contributed by atoms with Crippen LogP contribution in [0.2, 0.25) is 0 Å². The molecular weight excluding hydrogens is 1080 g/mol. The minimum Gasteiger partial charge on any atom is -0.287 e. The van der Waals surface area contributed by atoms with Gasteiger partial charge in [0.05, 0.1) is 6.20 Å². The molecule has 0 N–H and O–H groups in total. The fraction of sp³-hybridized carbons (Fsp3) is 0.315. The van der Waals surface area contributed by atoms with Crippen LogP contribution in [0.3, 0.4) is 0 Å². The number of hydrogen-bond acceptors (Lipinski definition) is 2. The van der Waals surface area contributed by atoms with E-state index in [0.717, 1.165) is 17.7 Å². The Balaban J connectivity index is 0.000000302. The molecule has 24 heteroatoms. The molecule has 6 rings (SSSR count). The first-order valence-corrected chi connectivity index (χ1v) is 24.3. The number of benzene rings is 5. The van der Waals surface area contributed by atoms with Crippen molar-refractivity contribution in [1.29, 1.82) is 0 Å². The highest BCUT2D eigenvalue weighted by Crippen LogP contribution is 2.31. The number of nitrogens with zero attached hydrogens (tertiary/aromatic N) is 2. The molecule has 0 unspecified atom stereocenters. The standard InChI is InChI=1S/C30H45N2O.C24BF20/c1-2-3-4-5-6-7-8-9-10-11-12-13-14-15-16-20-23-29-26-32(25-24-31-29)27-30(33)28-21-18-17-19-22-28;26-5-1(6(27)14(35)21(42)13(5)34)25(2-7(28)15(36)22(43)16(37)8(2)29,3-9(30)17(38)23(44)18(39)10(3)31)4-11(32)19(40)24(45)20(41)12(4)33/h17-26H,2-16,27H2,1H3;/q+1;-1.